The molecular weight excluding hydrogens is 328 g/mol. The summed E-state index contributed by atoms with van der Waals surface area (Å²) in [7, 11) is 0. The lowest BCUT2D eigenvalue weighted by Crippen LogP contribution is -2.36. The Labute approximate surface area is 134 Å². The average molecular weight is 349 g/mol. The molecule has 21 heavy (non-hydrogen) atoms. The Balaban J connectivity index is 2.04. The lowest BCUT2D eigenvalue weighted by Gasteiger charge is -2.14. The number of rotatable bonds is 6. The van der Waals surface area contributed by atoms with E-state index in [9.17, 15) is 4.79 Å². The highest BCUT2D eigenvalue weighted by molar-refractivity contribution is 9.10. The normalized spacial score (nSPS) is 12.1. The molecule has 2 aromatic carbocycles. The molecule has 1 unspecified atom stereocenters. The van der Waals surface area contributed by atoms with Crippen LogP contribution in [0.15, 0.2) is 40.9 Å². The maximum atomic E-state index is 11.9. The van der Waals surface area contributed by atoms with E-state index in [1.165, 1.54) is 0 Å². The minimum atomic E-state index is 0.0305. The SMILES string of the molecule is CCCC(C)NC(=O)CNc1ccc(Br)c2ccccc12. The number of carbonyl (C=O) groups excluding carboxylic acids is 1. The first-order chi connectivity index (χ1) is 10.1. The summed E-state index contributed by atoms with van der Waals surface area (Å²) in [5, 5.41) is 8.48. The third-order valence-corrected chi connectivity index (χ3v) is 4.13. The van der Waals surface area contributed by atoms with Crippen molar-refractivity contribution < 1.29 is 4.79 Å². The van der Waals surface area contributed by atoms with Gasteiger partial charge in [-0.2, -0.15) is 0 Å². The summed E-state index contributed by atoms with van der Waals surface area (Å²) in [4.78, 5) is 11.9. The first kappa shape index (κ1) is 15.8. The lowest BCUT2D eigenvalue weighted by molar-refractivity contribution is -0.120. The molecule has 1 amide bonds. The molecule has 0 bridgehead atoms. The van der Waals surface area contributed by atoms with Crippen molar-refractivity contribution in [1.82, 2.24) is 5.32 Å². The van der Waals surface area contributed by atoms with Crippen molar-refractivity contribution in [2.75, 3.05) is 11.9 Å². The number of fused-ring (bicyclic) bond motifs is 1. The highest BCUT2D eigenvalue weighted by Gasteiger charge is 2.08. The predicted octanol–water partition coefficient (Wildman–Crippen LogP) is 4.32. The Bertz CT molecular complexity index is 627. The number of benzene rings is 2. The summed E-state index contributed by atoms with van der Waals surface area (Å²) in [5.74, 6) is 0.0305. The second-order valence-electron chi connectivity index (χ2n) is 5.25. The number of carbonyl (C=O) groups is 1. The van der Waals surface area contributed by atoms with Gasteiger partial charge in [-0.3, -0.25) is 4.79 Å². The molecule has 0 spiro atoms. The molecule has 0 heterocycles. The number of hydrogen-bond acceptors (Lipinski definition) is 2. The molecule has 1 atom stereocenters. The van der Waals surface area contributed by atoms with Gasteiger partial charge >= 0.3 is 0 Å². The summed E-state index contributed by atoms with van der Waals surface area (Å²) >= 11 is 3.55. The van der Waals surface area contributed by atoms with Crippen LogP contribution in [-0.4, -0.2) is 18.5 Å². The van der Waals surface area contributed by atoms with Crippen LogP contribution < -0.4 is 10.6 Å². The highest BCUT2D eigenvalue weighted by Crippen LogP contribution is 2.29. The number of anilines is 1. The van der Waals surface area contributed by atoms with Crippen molar-refractivity contribution in [3.05, 3.63) is 40.9 Å². The molecule has 0 aliphatic carbocycles. The van der Waals surface area contributed by atoms with E-state index in [-0.39, 0.29) is 11.9 Å². The van der Waals surface area contributed by atoms with Crippen molar-refractivity contribution in [2.45, 2.75) is 32.7 Å². The zero-order chi connectivity index (χ0) is 15.2. The lowest BCUT2D eigenvalue weighted by atomic mass is 10.1. The number of amides is 1. The van der Waals surface area contributed by atoms with E-state index in [0.29, 0.717) is 6.54 Å². The van der Waals surface area contributed by atoms with Gasteiger partial charge < -0.3 is 10.6 Å². The van der Waals surface area contributed by atoms with Gasteiger partial charge in [-0.15, -0.1) is 0 Å². The van der Waals surface area contributed by atoms with Crippen LogP contribution in [0, 0.1) is 0 Å². The molecule has 112 valence electrons. The van der Waals surface area contributed by atoms with E-state index in [1.807, 2.05) is 31.2 Å². The van der Waals surface area contributed by atoms with Gasteiger partial charge in [-0.25, -0.2) is 0 Å². The van der Waals surface area contributed by atoms with Crippen LogP contribution in [-0.2, 0) is 4.79 Å². The van der Waals surface area contributed by atoms with E-state index < -0.39 is 0 Å². The fourth-order valence-electron chi connectivity index (χ4n) is 2.42. The Morgan fingerprint density at radius 2 is 1.90 bits per heavy atom. The first-order valence-corrected chi connectivity index (χ1v) is 8.11. The van der Waals surface area contributed by atoms with Gasteiger partial charge in [-0.05, 0) is 30.9 Å². The number of halogens is 1. The van der Waals surface area contributed by atoms with Gasteiger partial charge in [0.05, 0.1) is 6.54 Å². The monoisotopic (exact) mass is 348 g/mol. The quantitative estimate of drug-likeness (QED) is 0.816. The zero-order valence-corrected chi connectivity index (χ0v) is 14.0. The van der Waals surface area contributed by atoms with Crippen LogP contribution in [0.2, 0.25) is 0 Å². The molecule has 2 N–H and O–H groups in total. The molecule has 2 aromatic rings. The van der Waals surface area contributed by atoms with E-state index in [2.05, 4.69) is 45.6 Å². The Morgan fingerprint density at radius 3 is 2.62 bits per heavy atom. The van der Waals surface area contributed by atoms with Gasteiger partial charge in [0, 0.05) is 21.6 Å². The molecule has 0 radical (unpaired) electrons. The fourth-order valence-corrected chi connectivity index (χ4v) is 2.90. The van der Waals surface area contributed by atoms with Crippen LogP contribution in [0.1, 0.15) is 26.7 Å². The van der Waals surface area contributed by atoms with Gasteiger partial charge in [0.1, 0.15) is 0 Å². The van der Waals surface area contributed by atoms with Crippen molar-refractivity contribution in [1.29, 1.82) is 0 Å². The summed E-state index contributed by atoms with van der Waals surface area (Å²) in [6.07, 6.45) is 2.08. The van der Waals surface area contributed by atoms with E-state index in [1.54, 1.807) is 0 Å². The molecule has 4 heteroatoms. The van der Waals surface area contributed by atoms with E-state index in [4.69, 9.17) is 0 Å². The summed E-state index contributed by atoms with van der Waals surface area (Å²) in [6, 6.07) is 12.4. The van der Waals surface area contributed by atoms with Gasteiger partial charge in [-0.1, -0.05) is 53.5 Å². The van der Waals surface area contributed by atoms with E-state index >= 15 is 0 Å². The third kappa shape index (κ3) is 4.21. The van der Waals surface area contributed by atoms with Gasteiger partial charge in [0.2, 0.25) is 5.91 Å². The standard InChI is InChI=1S/C17H21BrN2O/c1-3-6-12(2)20-17(21)11-19-16-10-9-15(18)13-7-4-5-8-14(13)16/h4-5,7-10,12,19H,3,6,11H2,1-2H3,(H,20,21). The van der Waals surface area contributed by atoms with Crippen molar-refractivity contribution in [3.63, 3.8) is 0 Å². The molecule has 0 saturated heterocycles. The average Bonchev–Trinajstić information content (AvgIpc) is 2.47. The van der Waals surface area contributed by atoms with Gasteiger partial charge in [0.25, 0.3) is 0 Å². The number of nitrogens with one attached hydrogen (secondary N) is 2. The van der Waals surface area contributed by atoms with Crippen LogP contribution in [0.25, 0.3) is 10.8 Å². The molecule has 0 saturated carbocycles. The molecule has 0 aliphatic rings. The fraction of sp³-hybridized carbons (Fsp3) is 0.353. The molecule has 2 rings (SSSR count). The maximum absolute atomic E-state index is 11.9. The molecule has 3 nitrogen and oxygen atoms in total. The number of hydrogen-bond donors (Lipinski definition) is 2. The zero-order valence-electron chi connectivity index (χ0n) is 12.4. The summed E-state index contributed by atoms with van der Waals surface area (Å²) in [6.45, 7) is 4.45. The second kappa shape index (κ2) is 7.46. The topological polar surface area (TPSA) is 41.1 Å². The minimum Gasteiger partial charge on any atom is -0.376 e. The van der Waals surface area contributed by atoms with Crippen molar-refractivity contribution in [2.24, 2.45) is 0 Å². The smallest absolute Gasteiger partial charge is 0.239 e. The van der Waals surface area contributed by atoms with Crippen LogP contribution in [0.5, 0.6) is 0 Å². The first-order valence-electron chi connectivity index (χ1n) is 7.32. The molecule has 0 aromatic heterocycles. The third-order valence-electron chi connectivity index (χ3n) is 3.44. The van der Waals surface area contributed by atoms with Crippen molar-refractivity contribution >= 4 is 38.3 Å². The molecule has 0 fully saturated rings. The molecular formula is C17H21BrN2O. The predicted molar refractivity (Wildman–Crippen MR) is 92.7 cm³/mol. The Morgan fingerprint density at radius 1 is 1.19 bits per heavy atom. The minimum absolute atomic E-state index is 0.0305. The van der Waals surface area contributed by atoms with Gasteiger partial charge in [0.15, 0.2) is 0 Å². The largest absolute Gasteiger partial charge is 0.376 e. The Kier molecular flexibility index (Phi) is 5.62. The van der Waals surface area contributed by atoms with Crippen LogP contribution in [0.3, 0.4) is 0 Å². The van der Waals surface area contributed by atoms with Crippen LogP contribution >= 0.6 is 15.9 Å². The second-order valence-corrected chi connectivity index (χ2v) is 6.11. The van der Waals surface area contributed by atoms with Crippen LogP contribution in [0.4, 0.5) is 5.69 Å². The summed E-state index contributed by atoms with van der Waals surface area (Å²) in [5.41, 5.74) is 0.979. The molecule has 0 aliphatic heterocycles. The van der Waals surface area contributed by atoms with Crippen molar-refractivity contribution in [3.8, 4) is 0 Å². The van der Waals surface area contributed by atoms with E-state index in [0.717, 1.165) is 33.8 Å². The summed E-state index contributed by atoms with van der Waals surface area (Å²) < 4.78 is 1.06. The highest BCUT2D eigenvalue weighted by atomic mass is 79.9. The Hall–Kier alpha value is -1.55. The maximum Gasteiger partial charge on any atom is 0.239 e.